The third kappa shape index (κ3) is 3.28. The molecule has 146 valence electrons. The number of anilines is 1. The van der Waals surface area contributed by atoms with Crippen LogP contribution in [-0.2, 0) is 9.59 Å². The van der Waals surface area contributed by atoms with Crippen molar-refractivity contribution >= 4 is 39.9 Å². The molecule has 0 saturated carbocycles. The Balaban J connectivity index is 1.90. The summed E-state index contributed by atoms with van der Waals surface area (Å²) in [5, 5.41) is 8.74. The Hall–Kier alpha value is -2.06. The van der Waals surface area contributed by atoms with E-state index in [0.717, 1.165) is 4.34 Å². The van der Waals surface area contributed by atoms with Gasteiger partial charge in [0.25, 0.3) is 0 Å². The quantitative estimate of drug-likeness (QED) is 0.541. The molecule has 2 aromatic rings. The van der Waals surface area contributed by atoms with Crippen LogP contribution in [0.2, 0.25) is 0 Å². The SMILES string of the molecule is CSc1nnc(N2C(=O)C[C@H](c3ccccc3F)C3=C2CC(C)(C)CC3=O)s1. The number of Topliss-reactive ketones (excluding diaryl/α,β-unsaturated/α-hetero) is 1. The molecule has 1 aliphatic carbocycles. The second-order valence-electron chi connectivity index (χ2n) is 7.86. The monoisotopic (exact) mass is 417 g/mol. The van der Waals surface area contributed by atoms with Crippen LogP contribution >= 0.6 is 23.1 Å². The second-order valence-corrected chi connectivity index (χ2v) is 9.87. The number of aromatic nitrogens is 2. The molecular formula is C20H20FN3O2S2. The number of benzene rings is 1. The molecule has 2 heterocycles. The lowest BCUT2D eigenvalue weighted by Crippen LogP contribution is -2.43. The topological polar surface area (TPSA) is 63.2 Å². The molecule has 1 aromatic heterocycles. The third-order valence-corrected chi connectivity index (χ3v) is 7.07. The fourth-order valence-corrected chi connectivity index (χ4v) is 5.34. The van der Waals surface area contributed by atoms with Crippen molar-refractivity contribution in [1.29, 1.82) is 0 Å². The van der Waals surface area contributed by atoms with Crippen molar-refractivity contribution in [2.24, 2.45) is 5.41 Å². The molecule has 0 radical (unpaired) electrons. The van der Waals surface area contributed by atoms with Crippen molar-refractivity contribution < 1.29 is 14.0 Å². The summed E-state index contributed by atoms with van der Waals surface area (Å²) in [6.07, 6.45) is 2.87. The Kier molecular flexibility index (Phi) is 4.87. The van der Waals surface area contributed by atoms with Gasteiger partial charge in [-0.15, -0.1) is 10.2 Å². The van der Waals surface area contributed by atoms with Gasteiger partial charge in [-0.25, -0.2) is 4.39 Å². The zero-order valence-corrected chi connectivity index (χ0v) is 17.5. The number of rotatable bonds is 3. The number of nitrogens with zero attached hydrogens (tertiary/aromatic N) is 3. The molecule has 0 N–H and O–H groups in total. The molecule has 8 heteroatoms. The van der Waals surface area contributed by atoms with Crippen LogP contribution in [0.5, 0.6) is 0 Å². The van der Waals surface area contributed by atoms with Crippen LogP contribution in [0.4, 0.5) is 9.52 Å². The fourth-order valence-electron chi connectivity index (χ4n) is 4.04. The maximum Gasteiger partial charge on any atom is 0.234 e. The van der Waals surface area contributed by atoms with E-state index in [1.165, 1.54) is 29.2 Å². The number of ketones is 1. The number of hydrogen-bond acceptors (Lipinski definition) is 6. The Labute approximate surface area is 171 Å². The van der Waals surface area contributed by atoms with Crippen molar-refractivity contribution in [3.63, 3.8) is 0 Å². The number of thioether (sulfide) groups is 1. The Morgan fingerprint density at radius 2 is 1.96 bits per heavy atom. The van der Waals surface area contributed by atoms with Crippen molar-refractivity contribution in [3.8, 4) is 0 Å². The fraction of sp³-hybridized carbons (Fsp3) is 0.400. The summed E-state index contributed by atoms with van der Waals surface area (Å²) in [7, 11) is 0. The molecule has 1 atom stereocenters. The highest BCUT2D eigenvalue weighted by Gasteiger charge is 2.45. The average molecular weight is 418 g/mol. The molecule has 0 fully saturated rings. The zero-order valence-electron chi connectivity index (χ0n) is 15.9. The van der Waals surface area contributed by atoms with Gasteiger partial charge in [-0.3, -0.25) is 14.5 Å². The highest BCUT2D eigenvalue weighted by Crippen LogP contribution is 2.49. The van der Waals surface area contributed by atoms with Gasteiger partial charge in [-0.05, 0) is 29.7 Å². The summed E-state index contributed by atoms with van der Waals surface area (Å²) in [6, 6.07) is 6.39. The summed E-state index contributed by atoms with van der Waals surface area (Å²) in [6.45, 7) is 4.02. The van der Waals surface area contributed by atoms with Gasteiger partial charge in [0.1, 0.15) is 5.82 Å². The van der Waals surface area contributed by atoms with Gasteiger partial charge < -0.3 is 0 Å². The molecule has 0 saturated heterocycles. The Morgan fingerprint density at radius 1 is 1.21 bits per heavy atom. The number of carbonyl (C=O) groups excluding carboxylic acids is 2. The van der Waals surface area contributed by atoms with Gasteiger partial charge in [0, 0.05) is 30.0 Å². The highest BCUT2D eigenvalue weighted by atomic mass is 32.2. The number of allylic oxidation sites excluding steroid dienone is 2. The van der Waals surface area contributed by atoms with E-state index in [1.54, 1.807) is 23.1 Å². The van der Waals surface area contributed by atoms with Gasteiger partial charge in [0.15, 0.2) is 10.1 Å². The maximum absolute atomic E-state index is 14.5. The van der Waals surface area contributed by atoms with E-state index in [2.05, 4.69) is 10.2 Å². The summed E-state index contributed by atoms with van der Waals surface area (Å²) < 4.78 is 15.3. The molecule has 4 rings (SSSR count). The molecule has 0 spiro atoms. The minimum Gasteiger partial charge on any atom is -0.294 e. The van der Waals surface area contributed by atoms with Gasteiger partial charge in [-0.1, -0.05) is 55.1 Å². The summed E-state index contributed by atoms with van der Waals surface area (Å²) >= 11 is 2.79. The van der Waals surface area contributed by atoms with Crippen LogP contribution in [0.25, 0.3) is 0 Å². The van der Waals surface area contributed by atoms with Crippen LogP contribution in [0, 0.1) is 11.2 Å². The molecular weight excluding hydrogens is 397 g/mol. The summed E-state index contributed by atoms with van der Waals surface area (Å²) in [5.74, 6) is -1.15. The van der Waals surface area contributed by atoms with Crippen LogP contribution in [0.1, 0.15) is 44.6 Å². The summed E-state index contributed by atoms with van der Waals surface area (Å²) in [5.41, 5.74) is 1.32. The molecule has 5 nitrogen and oxygen atoms in total. The molecule has 2 aliphatic rings. The van der Waals surface area contributed by atoms with Crippen LogP contribution in [-0.4, -0.2) is 28.1 Å². The van der Waals surface area contributed by atoms with E-state index in [4.69, 9.17) is 0 Å². The van der Waals surface area contributed by atoms with E-state index < -0.39 is 5.92 Å². The average Bonchev–Trinajstić information content (AvgIpc) is 3.09. The highest BCUT2D eigenvalue weighted by molar-refractivity contribution is 8.00. The normalized spacial score (nSPS) is 21.9. The number of amides is 1. The lowest BCUT2D eigenvalue weighted by molar-refractivity contribution is -0.121. The lowest BCUT2D eigenvalue weighted by atomic mass is 9.69. The Bertz CT molecular complexity index is 999. The van der Waals surface area contributed by atoms with E-state index in [0.29, 0.717) is 34.8 Å². The van der Waals surface area contributed by atoms with Crippen molar-refractivity contribution in [2.45, 2.75) is 43.4 Å². The van der Waals surface area contributed by atoms with Crippen LogP contribution < -0.4 is 4.90 Å². The third-order valence-electron chi connectivity index (χ3n) is 5.19. The van der Waals surface area contributed by atoms with Gasteiger partial charge in [0.2, 0.25) is 11.0 Å². The summed E-state index contributed by atoms with van der Waals surface area (Å²) in [4.78, 5) is 27.8. The first kappa shape index (κ1) is 19.3. The van der Waals surface area contributed by atoms with Crippen molar-refractivity contribution in [1.82, 2.24) is 10.2 Å². The van der Waals surface area contributed by atoms with Crippen molar-refractivity contribution in [2.75, 3.05) is 11.2 Å². The molecule has 0 unspecified atom stereocenters. The molecule has 0 bridgehead atoms. The van der Waals surface area contributed by atoms with E-state index in [9.17, 15) is 14.0 Å². The standard InChI is InChI=1S/C20H20FN3O2S2/c1-20(2)9-14-17(15(25)10-20)12(11-6-4-5-7-13(11)21)8-16(26)24(14)18-22-23-19(27-3)28-18/h4-7,12H,8-10H2,1-3H3/t12-/m1/s1. The minimum absolute atomic E-state index is 0.0217. The molecule has 28 heavy (non-hydrogen) atoms. The van der Waals surface area contributed by atoms with Gasteiger partial charge in [-0.2, -0.15) is 0 Å². The predicted octanol–water partition coefficient (Wildman–Crippen LogP) is 4.56. The zero-order chi connectivity index (χ0) is 20.1. The number of hydrogen-bond donors (Lipinski definition) is 0. The molecule has 1 amide bonds. The lowest BCUT2D eigenvalue weighted by Gasteiger charge is -2.41. The smallest absolute Gasteiger partial charge is 0.234 e. The number of halogens is 1. The first-order chi connectivity index (χ1) is 13.3. The minimum atomic E-state index is -0.559. The van der Waals surface area contributed by atoms with Gasteiger partial charge in [0.05, 0.1) is 0 Å². The largest absolute Gasteiger partial charge is 0.294 e. The predicted molar refractivity (Wildman–Crippen MR) is 108 cm³/mol. The van der Waals surface area contributed by atoms with E-state index in [-0.39, 0.29) is 29.3 Å². The number of carbonyl (C=O) groups is 2. The molecule has 1 aromatic carbocycles. The Morgan fingerprint density at radius 3 is 2.64 bits per heavy atom. The van der Waals surface area contributed by atoms with Crippen LogP contribution in [0.15, 0.2) is 39.9 Å². The van der Waals surface area contributed by atoms with E-state index >= 15 is 0 Å². The molecule has 1 aliphatic heterocycles. The van der Waals surface area contributed by atoms with Crippen LogP contribution in [0.3, 0.4) is 0 Å². The van der Waals surface area contributed by atoms with Crippen molar-refractivity contribution in [3.05, 3.63) is 46.9 Å². The second kappa shape index (κ2) is 7.08. The van der Waals surface area contributed by atoms with Gasteiger partial charge >= 0.3 is 0 Å². The van der Waals surface area contributed by atoms with E-state index in [1.807, 2.05) is 20.1 Å². The maximum atomic E-state index is 14.5. The first-order valence-corrected chi connectivity index (χ1v) is 11.1. The first-order valence-electron chi connectivity index (χ1n) is 9.02.